The highest BCUT2D eigenvalue weighted by atomic mass is 19.4. The molecule has 2 aromatic rings. The number of nitrogens with zero attached hydrogens (tertiary/aromatic N) is 1. The van der Waals surface area contributed by atoms with Crippen LogP contribution in [0.4, 0.5) is 24.5 Å². The first-order valence-corrected chi connectivity index (χ1v) is 6.60. The van der Waals surface area contributed by atoms with Gasteiger partial charge in [0.25, 0.3) is 5.91 Å². The van der Waals surface area contributed by atoms with E-state index in [4.69, 9.17) is 0 Å². The van der Waals surface area contributed by atoms with E-state index in [0.29, 0.717) is 16.2 Å². The van der Waals surface area contributed by atoms with Crippen molar-refractivity contribution in [2.24, 2.45) is 0 Å². The molecule has 0 radical (unpaired) electrons. The zero-order valence-corrected chi connectivity index (χ0v) is 12.1. The van der Waals surface area contributed by atoms with Gasteiger partial charge in [0.15, 0.2) is 0 Å². The number of rotatable bonds is 3. The highest BCUT2D eigenvalue weighted by molar-refractivity contribution is 6.04. The van der Waals surface area contributed by atoms with Crippen molar-refractivity contribution in [1.29, 1.82) is 0 Å². The Morgan fingerprint density at radius 1 is 0.957 bits per heavy atom. The Hall–Kier alpha value is -2.83. The number of halogens is 3. The molecule has 23 heavy (non-hydrogen) atoms. The van der Waals surface area contributed by atoms with Gasteiger partial charge in [-0.1, -0.05) is 18.2 Å². The Morgan fingerprint density at radius 2 is 1.52 bits per heavy atom. The smallest absolute Gasteiger partial charge is 0.322 e. The van der Waals surface area contributed by atoms with Gasteiger partial charge in [-0.15, -0.1) is 0 Å². The molecule has 0 aliphatic carbocycles. The van der Waals surface area contributed by atoms with E-state index in [0.717, 1.165) is 7.05 Å². The first-order valence-electron chi connectivity index (χ1n) is 6.60. The number of hydrogen-bond acceptors (Lipinski definition) is 2. The van der Waals surface area contributed by atoms with E-state index in [2.05, 4.69) is 5.32 Å². The molecule has 0 atom stereocenters. The third-order valence-corrected chi connectivity index (χ3v) is 3.10. The first-order chi connectivity index (χ1) is 10.8. The normalized spacial score (nSPS) is 11.0. The van der Waals surface area contributed by atoms with Crippen LogP contribution in [-0.2, 0) is 4.79 Å². The van der Waals surface area contributed by atoms with Gasteiger partial charge in [-0.25, -0.2) is 0 Å². The summed E-state index contributed by atoms with van der Waals surface area (Å²) in [6.45, 7) is 0. The Kier molecular flexibility index (Phi) is 4.68. The maximum atomic E-state index is 12.4. The van der Waals surface area contributed by atoms with Crippen molar-refractivity contribution < 1.29 is 22.8 Å². The van der Waals surface area contributed by atoms with Gasteiger partial charge in [0.1, 0.15) is 0 Å². The maximum Gasteiger partial charge on any atom is 0.471 e. The predicted octanol–water partition coefficient (Wildman–Crippen LogP) is 3.46. The van der Waals surface area contributed by atoms with Crippen molar-refractivity contribution in [3.05, 3.63) is 60.2 Å². The van der Waals surface area contributed by atoms with Crippen LogP contribution in [0, 0.1) is 0 Å². The summed E-state index contributed by atoms with van der Waals surface area (Å²) < 4.78 is 37.1. The van der Waals surface area contributed by atoms with Gasteiger partial charge in [0.05, 0.1) is 0 Å². The topological polar surface area (TPSA) is 49.4 Å². The summed E-state index contributed by atoms with van der Waals surface area (Å²) in [5, 5.41) is 2.62. The zero-order chi connectivity index (χ0) is 17.0. The van der Waals surface area contributed by atoms with Crippen LogP contribution in [-0.4, -0.2) is 25.0 Å². The van der Waals surface area contributed by atoms with E-state index in [1.165, 1.54) is 24.3 Å². The molecule has 1 N–H and O–H groups in total. The number of alkyl halides is 3. The summed E-state index contributed by atoms with van der Waals surface area (Å²) in [7, 11) is 1.04. The number of nitrogens with one attached hydrogen (secondary N) is 1. The highest BCUT2D eigenvalue weighted by Crippen LogP contribution is 2.23. The van der Waals surface area contributed by atoms with Crippen LogP contribution in [0.1, 0.15) is 10.4 Å². The number of carbonyl (C=O) groups is 2. The van der Waals surface area contributed by atoms with Crippen LogP contribution < -0.4 is 10.2 Å². The Balaban J connectivity index is 2.08. The lowest BCUT2D eigenvalue weighted by Gasteiger charge is -2.19. The lowest BCUT2D eigenvalue weighted by Crippen LogP contribution is -2.38. The Morgan fingerprint density at radius 3 is 2.04 bits per heavy atom. The van der Waals surface area contributed by atoms with Gasteiger partial charge in [0, 0.05) is 24.0 Å². The molecule has 0 aromatic heterocycles. The van der Waals surface area contributed by atoms with Crippen LogP contribution in [0.5, 0.6) is 0 Å². The van der Waals surface area contributed by atoms with Gasteiger partial charge in [0.2, 0.25) is 0 Å². The second-order valence-corrected chi connectivity index (χ2v) is 4.73. The summed E-state index contributed by atoms with van der Waals surface area (Å²) in [5.74, 6) is -2.29. The molecule has 2 aromatic carbocycles. The fourth-order valence-electron chi connectivity index (χ4n) is 1.87. The van der Waals surface area contributed by atoms with Gasteiger partial charge >= 0.3 is 12.1 Å². The second kappa shape index (κ2) is 6.51. The first kappa shape index (κ1) is 16.5. The molecule has 0 unspecified atom stereocenters. The molecule has 0 saturated heterocycles. The summed E-state index contributed by atoms with van der Waals surface area (Å²) in [4.78, 5) is 23.6. The largest absolute Gasteiger partial charge is 0.471 e. The molecule has 0 aliphatic heterocycles. The predicted molar refractivity (Wildman–Crippen MR) is 80.3 cm³/mol. The average Bonchev–Trinajstić information content (AvgIpc) is 2.54. The number of hydrogen-bond donors (Lipinski definition) is 1. The fraction of sp³-hybridized carbons (Fsp3) is 0.125. The van der Waals surface area contributed by atoms with E-state index >= 15 is 0 Å². The minimum atomic E-state index is -4.94. The van der Waals surface area contributed by atoms with E-state index < -0.39 is 12.1 Å². The van der Waals surface area contributed by atoms with Crippen molar-refractivity contribution in [2.45, 2.75) is 6.18 Å². The second-order valence-electron chi connectivity index (χ2n) is 4.73. The molecule has 0 fully saturated rings. The third-order valence-electron chi connectivity index (χ3n) is 3.10. The lowest BCUT2D eigenvalue weighted by atomic mass is 10.2. The minimum absolute atomic E-state index is 0.0741. The van der Waals surface area contributed by atoms with Crippen LogP contribution in [0.2, 0.25) is 0 Å². The summed E-state index contributed by atoms with van der Waals surface area (Å²) >= 11 is 0. The van der Waals surface area contributed by atoms with Crippen molar-refractivity contribution in [1.82, 2.24) is 0 Å². The monoisotopic (exact) mass is 322 g/mol. The van der Waals surface area contributed by atoms with Crippen LogP contribution in [0.25, 0.3) is 0 Å². The van der Waals surface area contributed by atoms with Crippen LogP contribution in [0.15, 0.2) is 54.6 Å². The maximum absolute atomic E-state index is 12.4. The van der Waals surface area contributed by atoms with Crippen LogP contribution >= 0.6 is 0 Å². The van der Waals surface area contributed by atoms with Crippen molar-refractivity contribution >= 4 is 23.2 Å². The standard InChI is InChI=1S/C16H13F3N2O2/c1-21(15(23)16(17,18)19)13-9-7-12(8-10-13)20-14(22)11-5-3-2-4-6-11/h2-10H,1H3,(H,20,22). The molecule has 0 saturated carbocycles. The molecule has 120 valence electrons. The zero-order valence-electron chi connectivity index (χ0n) is 12.1. The molecule has 0 heterocycles. The SMILES string of the molecule is CN(C(=O)C(F)(F)F)c1ccc(NC(=O)c2ccccc2)cc1. The lowest BCUT2D eigenvalue weighted by molar-refractivity contribution is -0.170. The fourth-order valence-corrected chi connectivity index (χ4v) is 1.87. The van der Waals surface area contributed by atoms with Gasteiger partial charge in [-0.3, -0.25) is 9.59 Å². The number of anilines is 2. The number of benzene rings is 2. The molecular weight excluding hydrogens is 309 g/mol. The molecule has 0 aliphatic rings. The van der Waals surface area contributed by atoms with Crippen molar-refractivity contribution in [2.75, 3.05) is 17.3 Å². The number of amides is 2. The minimum Gasteiger partial charge on any atom is -0.322 e. The third kappa shape index (κ3) is 4.09. The van der Waals surface area contributed by atoms with E-state index in [1.807, 2.05) is 0 Å². The van der Waals surface area contributed by atoms with Crippen LogP contribution in [0.3, 0.4) is 0 Å². The van der Waals surface area contributed by atoms with E-state index in [9.17, 15) is 22.8 Å². The summed E-state index contributed by atoms with van der Waals surface area (Å²) in [5.41, 5.74) is 0.946. The molecule has 7 heteroatoms. The van der Waals surface area contributed by atoms with Gasteiger partial charge in [-0.2, -0.15) is 13.2 Å². The Bertz CT molecular complexity index is 698. The molecule has 2 rings (SSSR count). The molecule has 2 amide bonds. The summed E-state index contributed by atoms with van der Waals surface area (Å²) in [6.07, 6.45) is -4.94. The van der Waals surface area contributed by atoms with Crippen molar-refractivity contribution in [3.63, 3.8) is 0 Å². The molecule has 0 spiro atoms. The highest BCUT2D eigenvalue weighted by Gasteiger charge is 2.41. The van der Waals surface area contributed by atoms with E-state index in [1.54, 1.807) is 30.3 Å². The average molecular weight is 322 g/mol. The number of carbonyl (C=O) groups excluding carboxylic acids is 2. The van der Waals surface area contributed by atoms with Crippen molar-refractivity contribution in [3.8, 4) is 0 Å². The molecule has 0 bridgehead atoms. The summed E-state index contributed by atoms with van der Waals surface area (Å²) in [6, 6.07) is 14.0. The van der Waals surface area contributed by atoms with Gasteiger partial charge in [-0.05, 0) is 36.4 Å². The van der Waals surface area contributed by atoms with E-state index in [-0.39, 0.29) is 11.6 Å². The molecule has 4 nitrogen and oxygen atoms in total. The molecular formula is C16H13F3N2O2. The van der Waals surface area contributed by atoms with Gasteiger partial charge < -0.3 is 10.2 Å². The Labute approximate surface area is 130 Å². The quantitative estimate of drug-likeness (QED) is 0.941.